The van der Waals surface area contributed by atoms with Crippen molar-refractivity contribution in [3.8, 4) is 11.1 Å². The van der Waals surface area contributed by atoms with E-state index in [1.807, 2.05) is 73.8 Å². The predicted molar refractivity (Wildman–Crippen MR) is 152 cm³/mol. The molecule has 4 unspecified atom stereocenters. The predicted octanol–water partition coefficient (Wildman–Crippen LogP) is 4.27. The summed E-state index contributed by atoms with van der Waals surface area (Å²) in [5.41, 5.74) is 5.35. The third-order valence-electron chi connectivity index (χ3n) is 8.18. The summed E-state index contributed by atoms with van der Waals surface area (Å²) in [4.78, 5) is 38.9. The van der Waals surface area contributed by atoms with Crippen molar-refractivity contribution in [3.05, 3.63) is 95.6 Å². The monoisotopic (exact) mass is 541 g/mol. The number of carbonyl (C=O) groups excluding carboxylic acids is 2. The zero-order chi connectivity index (χ0) is 28.1. The van der Waals surface area contributed by atoms with Crippen LogP contribution in [0.5, 0.6) is 0 Å². The van der Waals surface area contributed by atoms with Crippen molar-refractivity contribution in [2.24, 2.45) is 5.92 Å². The van der Waals surface area contributed by atoms with Crippen molar-refractivity contribution in [1.29, 1.82) is 0 Å². The first kappa shape index (κ1) is 27.4. The van der Waals surface area contributed by atoms with Crippen LogP contribution in [0.1, 0.15) is 47.8 Å². The molecule has 40 heavy (non-hydrogen) atoms. The molecule has 3 aromatic rings. The van der Waals surface area contributed by atoms with E-state index in [0.29, 0.717) is 25.8 Å². The van der Waals surface area contributed by atoms with Crippen LogP contribution in [0.4, 0.5) is 4.79 Å². The second-order valence-electron chi connectivity index (χ2n) is 10.5. The Kier molecular flexibility index (Phi) is 8.45. The number of hydrogen-bond acceptors (Lipinski definition) is 5. The molecule has 0 saturated carbocycles. The highest BCUT2D eigenvalue weighted by atomic mass is 16.5. The second-order valence-corrected chi connectivity index (χ2v) is 10.5. The van der Waals surface area contributed by atoms with Gasteiger partial charge in [-0.1, -0.05) is 78.9 Å². The van der Waals surface area contributed by atoms with Crippen LogP contribution in [0, 0.1) is 5.92 Å². The number of rotatable bonds is 8. The lowest BCUT2D eigenvalue weighted by molar-refractivity contribution is -0.144. The zero-order valence-electron chi connectivity index (χ0n) is 22.5. The van der Waals surface area contributed by atoms with Gasteiger partial charge in [-0.15, -0.1) is 0 Å². The standard InChI is InChI=1S/C32H35N3O5/c1-33-18-17-21-15-16-22(20-9-3-2-4-10-20)29(30(36)34-28(21)31(37)38)35-32(39)40-19-27-25-13-7-5-11-23(25)24-12-6-8-14-26(24)27/h2-14,21-22,27-29,33H,15-19H2,1H3,(H,34,36)(H,35,39)(H,37,38). The molecule has 1 fully saturated rings. The van der Waals surface area contributed by atoms with Gasteiger partial charge in [0.15, 0.2) is 0 Å². The average Bonchev–Trinajstić information content (AvgIpc) is 3.29. The molecule has 4 atom stereocenters. The first-order valence-electron chi connectivity index (χ1n) is 13.8. The van der Waals surface area contributed by atoms with E-state index in [4.69, 9.17) is 4.74 Å². The maximum atomic E-state index is 13.5. The Morgan fingerprint density at radius 2 is 1.55 bits per heavy atom. The van der Waals surface area contributed by atoms with E-state index in [-0.39, 0.29) is 24.4 Å². The summed E-state index contributed by atoms with van der Waals surface area (Å²) in [7, 11) is 1.82. The molecule has 1 heterocycles. The second kappa shape index (κ2) is 12.3. The average molecular weight is 542 g/mol. The number of aliphatic carboxylic acids is 1. The molecule has 5 rings (SSSR count). The van der Waals surface area contributed by atoms with Gasteiger partial charge in [-0.25, -0.2) is 9.59 Å². The Balaban J connectivity index is 1.35. The van der Waals surface area contributed by atoms with Gasteiger partial charge in [-0.3, -0.25) is 4.79 Å². The molecular weight excluding hydrogens is 506 g/mol. The molecule has 0 aromatic heterocycles. The highest BCUT2D eigenvalue weighted by Crippen LogP contribution is 2.44. The van der Waals surface area contributed by atoms with Crippen LogP contribution in [0.3, 0.4) is 0 Å². The van der Waals surface area contributed by atoms with Gasteiger partial charge in [-0.05, 0) is 66.6 Å². The fourth-order valence-corrected chi connectivity index (χ4v) is 6.17. The minimum atomic E-state index is -1.08. The van der Waals surface area contributed by atoms with Gasteiger partial charge in [0, 0.05) is 11.8 Å². The van der Waals surface area contributed by atoms with Crippen LogP contribution in [0.2, 0.25) is 0 Å². The Morgan fingerprint density at radius 3 is 2.17 bits per heavy atom. The summed E-state index contributed by atoms with van der Waals surface area (Å²) in [6.07, 6.45) is 1.03. The molecule has 1 aliphatic heterocycles. The van der Waals surface area contributed by atoms with Gasteiger partial charge in [0.25, 0.3) is 0 Å². The van der Waals surface area contributed by atoms with E-state index in [2.05, 4.69) is 28.1 Å². The van der Waals surface area contributed by atoms with Gasteiger partial charge < -0.3 is 25.8 Å². The van der Waals surface area contributed by atoms with E-state index in [1.54, 1.807) is 0 Å². The van der Waals surface area contributed by atoms with Gasteiger partial charge >= 0.3 is 12.1 Å². The first-order chi connectivity index (χ1) is 19.5. The molecule has 8 heteroatoms. The topological polar surface area (TPSA) is 117 Å². The van der Waals surface area contributed by atoms with Crippen molar-refractivity contribution < 1.29 is 24.2 Å². The van der Waals surface area contributed by atoms with E-state index in [0.717, 1.165) is 27.8 Å². The number of fused-ring (bicyclic) bond motifs is 3. The highest BCUT2D eigenvalue weighted by Gasteiger charge is 2.40. The number of carbonyl (C=O) groups is 3. The lowest BCUT2D eigenvalue weighted by Crippen LogP contribution is -2.57. The van der Waals surface area contributed by atoms with Crippen molar-refractivity contribution in [2.45, 2.75) is 43.2 Å². The number of carboxylic acid groups (broad SMARTS) is 1. The largest absolute Gasteiger partial charge is 0.480 e. The van der Waals surface area contributed by atoms with Gasteiger partial charge in [0.05, 0.1) is 0 Å². The van der Waals surface area contributed by atoms with E-state index >= 15 is 0 Å². The number of ether oxygens (including phenoxy) is 1. The SMILES string of the molecule is CNCCC1CCC(c2ccccc2)C(NC(=O)OCC2c3ccccc3-c3ccccc32)C(=O)NC1C(=O)O. The smallest absolute Gasteiger partial charge is 0.407 e. The Hall–Kier alpha value is -4.17. The van der Waals surface area contributed by atoms with E-state index < -0.39 is 30.1 Å². The molecule has 3 aromatic carbocycles. The van der Waals surface area contributed by atoms with Crippen molar-refractivity contribution >= 4 is 18.0 Å². The normalized spacial score (nSPS) is 22.3. The molecular formula is C32H35N3O5. The molecule has 0 spiro atoms. The molecule has 8 nitrogen and oxygen atoms in total. The van der Waals surface area contributed by atoms with Crippen LogP contribution >= 0.6 is 0 Å². The van der Waals surface area contributed by atoms with E-state index in [1.165, 1.54) is 0 Å². The Bertz CT molecular complexity index is 1320. The summed E-state index contributed by atoms with van der Waals surface area (Å²) in [5.74, 6) is -2.29. The Labute approximate surface area is 234 Å². The molecule has 0 radical (unpaired) electrons. The number of carboxylic acids is 1. The third kappa shape index (κ3) is 5.72. The minimum absolute atomic E-state index is 0.112. The quantitative estimate of drug-likeness (QED) is 0.339. The third-order valence-corrected chi connectivity index (χ3v) is 8.18. The molecule has 1 aliphatic carbocycles. The summed E-state index contributed by atoms with van der Waals surface area (Å²) < 4.78 is 5.74. The maximum Gasteiger partial charge on any atom is 0.407 e. The summed E-state index contributed by atoms with van der Waals surface area (Å²) in [5, 5.41) is 18.5. The lowest BCUT2D eigenvalue weighted by Gasteiger charge is -2.35. The lowest BCUT2D eigenvalue weighted by atomic mass is 9.79. The number of amides is 2. The van der Waals surface area contributed by atoms with Gasteiger partial charge in [0.1, 0.15) is 18.7 Å². The minimum Gasteiger partial charge on any atom is -0.480 e. The van der Waals surface area contributed by atoms with Crippen LogP contribution in [-0.2, 0) is 14.3 Å². The molecule has 0 bridgehead atoms. The van der Waals surface area contributed by atoms with Crippen LogP contribution in [-0.4, -0.2) is 55.4 Å². The fraction of sp³-hybridized carbons (Fsp3) is 0.344. The van der Waals surface area contributed by atoms with Crippen LogP contribution in [0.25, 0.3) is 11.1 Å². The maximum absolute atomic E-state index is 13.5. The summed E-state index contributed by atoms with van der Waals surface area (Å²) >= 11 is 0. The van der Waals surface area contributed by atoms with Gasteiger partial charge in [-0.2, -0.15) is 0 Å². The van der Waals surface area contributed by atoms with Crippen molar-refractivity contribution in [3.63, 3.8) is 0 Å². The molecule has 208 valence electrons. The molecule has 4 N–H and O–H groups in total. The number of hydrogen-bond donors (Lipinski definition) is 4. The number of nitrogens with one attached hydrogen (secondary N) is 3. The Morgan fingerprint density at radius 1 is 0.925 bits per heavy atom. The van der Waals surface area contributed by atoms with Gasteiger partial charge in [0.2, 0.25) is 5.91 Å². The highest BCUT2D eigenvalue weighted by molar-refractivity contribution is 5.90. The van der Waals surface area contributed by atoms with Crippen molar-refractivity contribution in [1.82, 2.24) is 16.0 Å². The number of alkyl carbamates (subject to hydrolysis) is 1. The zero-order valence-corrected chi connectivity index (χ0v) is 22.5. The van der Waals surface area contributed by atoms with Crippen LogP contribution < -0.4 is 16.0 Å². The summed E-state index contributed by atoms with van der Waals surface area (Å²) in [6, 6.07) is 23.7. The number of benzene rings is 3. The molecule has 2 aliphatic rings. The summed E-state index contributed by atoms with van der Waals surface area (Å²) in [6.45, 7) is 0.760. The molecule has 1 saturated heterocycles. The first-order valence-corrected chi connectivity index (χ1v) is 13.8. The van der Waals surface area contributed by atoms with E-state index in [9.17, 15) is 19.5 Å². The van der Waals surface area contributed by atoms with Crippen LogP contribution in [0.15, 0.2) is 78.9 Å². The molecule has 2 amide bonds. The van der Waals surface area contributed by atoms with Crippen molar-refractivity contribution in [2.75, 3.05) is 20.2 Å². The fourth-order valence-electron chi connectivity index (χ4n) is 6.17.